The Balaban J connectivity index is 1.42. The molecule has 0 unspecified atom stereocenters. The first-order valence-electron chi connectivity index (χ1n) is 14.2. The van der Waals surface area contributed by atoms with Gasteiger partial charge in [-0.3, -0.25) is 9.59 Å². The predicted molar refractivity (Wildman–Crippen MR) is 187 cm³/mol. The van der Waals surface area contributed by atoms with Crippen LogP contribution in [0.5, 0.6) is 0 Å². The van der Waals surface area contributed by atoms with E-state index in [1.54, 1.807) is 18.2 Å². The molecule has 45 heavy (non-hydrogen) atoms. The number of hydrogen-bond acceptors (Lipinski definition) is 6. The number of nitrogens with zero attached hydrogens (tertiary/aromatic N) is 3. The molecule has 1 spiro atoms. The molecule has 0 bridgehead atoms. The number of benzene rings is 4. The van der Waals surface area contributed by atoms with Gasteiger partial charge in [0.1, 0.15) is 16.4 Å². The fourth-order valence-corrected chi connectivity index (χ4v) is 7.94. The molecule has 3 aliphatic rings. The number of aliphatic hydroxyl groups is 1. The van der Waals surface area contributed by atoms with Gasteiger partial charge in [0.15, 0.2) is 5.78 Å². The van der Waals surface area contributed by atoms with E-state index in [1.165, 1.54) is 16.8 Å². The first-order chi connectivity index (χ1) is 21.7. The number of aliphatic imine (C=N–C) groups is 1. The van der Waals surface area contributed by atoms with Crippen LogP contribution in [0.4, 0.5) is 5.69 Å². The monoisotopic (exact) mass is 737 g/mol. The summed E-state index contributed by atoms with van der Waals surface area (Å²) in [5, 5.41) is 19.5. The molecule has 0 radical (unpaired) electrons. The van der Waals surface area contributed by atoms with Crippen LogP contribution >= 0.6 is 43.6 Å². The summed E-state index contributed by atoms with van der Waals surface area (Å²) in [6.45, 7) is 1.86. The van der Waals surface area contributed by atoms with Crippen molar-refractivity contribution in [1.29, 1.82) is 0 Å². The number of rotatable bonds is 5. The summed E-state index contributed by atoms with van der Waals surface area (Å²) < 4.78 is 1.74. The minimum absolute atomic E-state index is 0.137. The van der Waals surface area contributed by atoms with Crippen LogP contribution in [0.25, 0.3) is 0 Å². The van der Waals surface area contributed by atoms with Crippen LogP contribution in [-0.2, 0) is 10.4 Å². The van der Waals surface area contributed by atoms with E-state index in [0.29, 0.717) is 43.6 Å². The molecule has 0 aliphatic carbocycles. The van der Waals surface area contributed by atoms with Crippen LogP contribution in [-0.4, -0.2) is 33.1 Å². The summed E-state index contributed by atoms with van der Waals surface area (Å²) in [6.07, 6.45) is 1.70. The van der Waals surface area contributed by atoms with Crippen molar-refractivity contribution in [1.82, 2.24) is 0 Å². The number of ketones is 1. The lowest BCUT2D eigenvalue weighted by atomic mass is 9.76. The van der Waals surface area contributed by atoms with Gasteiger partial charge >= 0.3 is 0 Å². The third-order valence-electron chi connectivity index (χ3n) is 8.31. The van der Waals surface area contributed by atoms with E-state index < -0.39 is 11.1 Å². The van der Waals surface area contributed by atoms with Crippen molar-refractivity contribution in [2.45, 2.75) is 24.5 Å². The number of allylic oxidation sites excluding steroid dienone is 1. The Morgan fingerprint density at radius 2 is 1.49 bits per heavy atom. The van der Waals surface area contributed by atoms with Crippen molar-refractivity contribution >= 4 is 71.8 Å². The van der Waals surface area contributed by atoms with Crippen molar-refractivity contribution in [3.8, 4) is 0 Å². The maximum absolute atomic E-state index is 14.6. The summed E-state index contributed by atoms with van der Waals surface area (Å²) in [5.74, 6) is -0.506. The number of hydrazone groups is 1. The summed E-state index contributed by atoms with van der Waals surface area (Å²) >= 11 is 8.24. The van der Waals surface area contributed by atoms with Crippen LogP contribution in [0.3, 0.4) is 0 Å². The lowest BCUT2D eigenvalue weighted by Crippen LogP contribution is -2.46. The van der Waals surface area contributed by atoms with E-state index in [0.717, 1.165) is 14.5 Å². The molecule has 222 valence electrons. The highest BCUT2D eigenvalue weighted by Gasteiger charge is 2.61. The van der Waals surface area contributed by atoms with Crippen molar-refractivity contribution in [3.63, 3.8) is 0 Å². The topological polar surface area (TPSA) is 82.3 Å². The predicted octanol–water partition coefficient (Wildman–Crippen LogP) is 8.22. The molecule has 0 aromatic heterocycles. The van der Waals surface area contributed by atoms with Gasteiger partial charge in [0.05, 0.1) is 5.69 Å². The molecule has 3 heterocycles. The number of carbonyl (C=O) groups excluding carboxylic acids is 2. The minimum Gasteiger partial charge on any atom is -0.380 e. The summed E-state index contributed by atoms with van der Waals surface area (Å²) in [7, 11) is 0. The van der Waals surface area contributed by atoms with Gasteiger partial charge in [-0.25, -0.2) is 4.99 Å². The molecule has 0 saturated carbocycles. The highest BCUT2D eigenvalue weighted by Crippen LogP contribution is 2.55. The fourth-order valence-electron chi connectivity index (χ4n) is 6.11. The summed E-state index contributed by atoms with van der Waals surface area (Å²) in [5.41, 5.74) is 1.14. The van der Waals surface area contributed by atoms with Gasteiger partial charge in [0.2, 0.25) is 5.54 Å². The third kappa shape index (κ3) is 4.98. The first-order valence-corrected chi connectivity index (χ1v) is 16.6. The zero-order valence-corrected chi connectivity index (χ0v) is 27.9. The van der Waals surface area contributed by atoms with Crippen molar-refractivity contribution in [2.75, 3.05) is 5.01 Å². The number of carbonyl (C=O) groups is 2. The average molecular weight is 739 g/mol. The number of para-hydroxylation sites is 1. The lowest BCUT2D eigenvalue weighted by Gasteiger charge is -2.36. The molecule has 1 amide bonds. The van der Waals surface area contributed by atoms with Gasteiger partial charge in [-0.15, -0.1) is 0 Å². The molecule has 2 atom stereocenters. The largest absolute Gasteiger partial charge is 0.380 e. The Hall–Kier alpha value is -3.89. The highest BCUT2D eigenvalue weighted by atomic mass is 79.9. The molecule has 3 aliphatic heterocycles. The zero-order chi connectivity index (χ0) is 31.3. The Morgan fingerprint density at radius 3 is 2.13 bits per heavy atom. The Kier molecular flexibility index (Phi) is 7.60. The van der Waals surface area contributed by atoms with Crippen LogP contribution < -0.4 is 5.01 Å². The first kappa shape index (κ1) is 29.8. The average Bonchev–Trinajstić information content (AvgIpc) is 3.51. The minimum atomic E-state index is -1.56. The number of anilines is 1. The fraction of sp³-hybridized carbons (Fsp3) is 0.111. The van der Waals surface area contributed by atoms with Crippen molar-refractivity contribution < 1.29 is 14.7 Å². The summed E-state index contributed by atoms with van der Waals surface area (Å²) in [6, 6.07) is 33.4. The van der Waals surface area contributed by atoms with E-state index in [1.807, 2.05) is 104 Å². The Bertz CT molecular complexity index is 1970. The molecule has 4 aromatic carbocycles. The van der Waals surface area contributed by atoms with Gasteiger partial charge < -0.3 is 5.11 Å². The zero-order valence-electron chi connectivity index (χ0n) is 23.9. The molecular formula is C36H25Br2N3O3S. The summed E-state index contributed by atoms with van der Waals surface area (Å²) in [4.78, 5) is 33.8. The molecule has 7 rings (SSSR count). The van der Waals surface area contributed by atoms with Gasteiger partial charge in [-0.1, -0.05) is 104 Å². The molecule has 1 fully saturated rings. The van der Waals surface area contributed by atoms with Crippen LogP contribution in [0.1, 0.15) is 34.8 Å². The number of halogens is 2. The third-order valence-corrected chi connectivity index (χ3v) is 10.4. The van der Waals surface area contributed by atoms with Crippen molar-refractivity contribution in [2.24, 2.45) is 10.1 Å². The molecule has 6 nitrogen and oxygen atoms in total. The Morgan fingerprint density at radius 1 is 0.889 bits per heavy atom. The molecule has 9 heteroatoms. The lowest BCUT2D eigenvalue weighted by molar-refractivity contribution is -0.119. The number of hydrogen-bond donors (Lipinski definition) is 1. The maximum atomic E-state index is 14.6. The van der Waals surface area contributed by atoms with Gasteiger partial charge in [0.25, 0.3) is 5.91 Å². The van der Waals surface area contributed by atoms with Crippen LogP contribution in [0.2, 0.25) is 0 Å². The quantitative estimate of drug-likeness (QED) is 0.165. The second-order valence-corrected chi connectivity index (χ2v) is 14.0. The molecule has 1 N–H and O–H groups in total. The number of amides is 1. The van der Waals surface area contributed by atoms with Crippen LogP contribution in [0, 0.1) is 0 Å². The molecule has 1 saturated heterocycles. The van der Waals surface area contributed by atoms with E-state index in [-0.39, 0.29) is 18.1 Å². The highest BCUT2D eigenvalue weighted by molar-refractivity contribution is 9.10. The Labute approximate surface area is 281 Å². The second-order valence-electron chi connectivity index (χ2n) is 11.0. The van der Waals surface area contributed by atoms with E-state index >= 15 is 0 Å². The van der Waals surface area contributed by atoms with Gasteiger partial charge in [-0.2, -0.15) is 10.1 Å². The number of thioether (sulfide) groups is 1. The SMILES string of the molecule is CC1=C2C(=N[C@@]13C(=O)N(c1ccccc1)N=C3c1ccccc1)S/C(=C\C(=O)c1ccc(Br)cc1)C[C@@]2(O)c1ccc(Br)cc1. The smallest absolute Gasteiger partial charge is 0.285 e. The molecular weight excluding hydrogens is 714 g/mol. The van der Waals surface area contributed by atoms with Gasteiger partial charge in [0, 0.05) is 32.1 Å². The van der Waals surface area contributed by atoms with Gasteiger partial charge in [-0.05, 0) is 77.6 Å². The number of fused-ring (bicyclic) bond motifs is 1. The normalized spacial score (nSPS) is 23.4. The van der Waals surface area contributed by atoms with Crippen LogP contribution in [0.15, 0.2) is 150 Å². The van der Waals surface area contributed by atoms with E-state index in [2.05, 4.69) is 31.9 Å². The van der Waals surface area contributed by atoms with Crippen molar-refractivity contribution in [3.05, 3.63) is 157 Å². The van der Waals surface area contributed by atoms with E-state index in [9.17, 15) is 14.7 Å². The molecule has 4 aromatic rings. The maximum Gasteiger partial charge on any atom is 0.285 e. The second kappa shape index (κ2) is 11.5. The van der Waals surface area contributed by atoms with E-state index in [4.69, 9.17) is 10.1 Å². The standard InChI is InChI=1S/C36H25Br2N3O3S/c1-22-31-33(39-36(22)32(24-8-4-2-5-9-24)40-41(34(36)43)28-10-6-3-7-11-28)45-29(20-30(42)23-12-16-26(37)17-13-23)21-35(31,44)25-14-18-27(38)19-15-25/h2-20,44H,21H2,1H3/b29-20-/t35-,36+/m1/s1.